The summed E-state index contributed by atoms with van der Waals surface area (Å²) < 4.78 is 63.2. The predicted molar refractivity (Wildman–Crippen MR) is 97.6 cm³/mol. The Labute approximate surface area is 168 Å². The Kier molecular flexibility index (Phi) is 7.21. The molecule has 0 saturated heterocycles. The number of hydrogen-bond acceptors (Lipinski definition) is 4. The Morgan fingerprint density at radius 3 is 2.61 bits per heavy atom. The minimum Gasteiger partial charge on any atom is -0.326 e. The molecule has 2 rings (SSSR count). The van der Waals surface area contributed by atoms with Gasteiger partial charge >= 0.3 is 6.18 Å². The molecule has 0 bridgehead atoms. The number of rotatable bonds is 6. The van der Waals surface area contributed by atoms with E-state index < -0.39 is 29.0 Å². The third-order valence-corrected chi connectivity index (χ3v) is 4.85. The number of amides is 1. The van der Waals surface area contributed by atoms with Gasteiger partial charge in [0.2, 0.25) is 5.91 Å². The minimum atomic E-state index is -4.59. The van der Waals surface area contributed by atoms with Gasteiger partial charge in [0.15, 0.2) is 5.16 Å². The van der Waals surface area contributed by atoms with Gasteiger partial charge < -0.3 is 10.3 Å². The summed E-state index contributed by atoms with van der Waals surface area (Å²) in [5.74, 6) is -3.35. The van der Waals surface area contributed by atoms with E-state index in [4.69, 9.17) is 0 Å². The maximum absolute atomic E-state index is 12.9. The highest BCUT2D eigenvalue weighted by molar-refractivity contribution is 9.10. The van der Waals surface area contributed by atoms with Gasteiger partial charge in [-0.15, -0.1) is 0 Å². The van der Waals surface area contributed by atoms with Crippen LogP contribution in [0, 0.1) is 6.92 Å². The zero-order valence-corrected chi connectivity index (χ0v) is 16.6. The number of carbonyl (C=O) groups is 1. The smallest absolute Gasteiger partial charge is 0.326 e. The molecule has 0 saturated carbocycles. The van der Waals surface area contributed by atoms with E-state index >= 15 is 0 Å². The minimum absolute atomic E-state index is 0.0482. The van der Waals surface area contributed by atoms with Gasteiger partial charge in [0.05, 0.1) is 5.56 Å². The SMILES string of the molecule is Cc1nc(SC(F)F)[nH]c(=O)c1CCC(=O)Nc1ccc(Br)c(C(F)(F)F)c1. The van der Waals surface area contributed by atoms with Crippen molar-refractivity contribution >= 4 is 39.3 Å². The number of hydrogen-bond donors (Lipinski definition) is 2. The van der Waals surface area contributed by atoms with E-state index in [9.17, 15) is 31.5 Å². The summed E-state index contributed by atoms with van der Waals surface area (Å²) in [5, 5.41) is 2.10. The molecule has 0 atom stereocenters. The van der Waals surface area contributed by atoms with Crippen LogP contribution in [-0.4, -0.2) is 21.6 Å². The summed E-state index contributed by atoms with van der Waals surface area (Å²) >= 11 is 2.89. The lowest BCUT2D eigenvalue weighted by Crippen LogP contribution is -2.20. The number of aromatic amines is 1. The van der Waals surface area contributed by atoms with Crippen molar-refractivity contribution in [1.29, 1.82) is 0 Å². The highest BCUT2D eigenvalue weighted by Crippen LogP contribution is 2.36. The maximum atomic E-state index is 12.9. The van der Waals surface area contributed by atoms with Gasteiger partial charge in [-0.1, -0.05) is 15.9 Å². The van der Waals surface area contributed by atoms with Crippen LogP contribution >= 0.6 is 27.7 Å². The van der Waals surface area contributed by atoms with E-state index in [1.807, 2.05) is 0 Å². The lowest BCUT2D eigenvalue weighted by molar-refractivity contribution is -0.138. The second-order valence-electron chi connectivity index (χ2n) is 5.55. The van der Waals surface area contributed by atoms with Crippen molar-refractivity contribution in [3.8, 4) is 0 Å². The fourth-order valence-electron chi connectivity index (χ4n) is 2.30. The molecule has 152 valence electrons. The molecule has 0 aliphatic heterocycles. The Morgan fingerprint density at radius 1 is 1.36 bits per heavy atom. The van der Waals surface area contributed by atoms with Crippen molar-refractivity contribution in [2.75, 3.05) is 5.32 Å². The standard InChI is InChI=1S/C16H13BrF5N3O2S/c1-7-9(13(27)25-15(23-7)28-14(18)19)3-5-12(26)24-8-2-4-11(17)10(6-8)16(20,21)22/h2,4,6,14H,3,5H2,1H3,(H,24,26)(H,23,25,27). The molecule has 5 nitrogen and oxygen atoms in total. The molecule has 2 N–H and O–H groups in total. The average molecular weight is 486 g/mol. The number of nitrogens with one attached hydrogen (secondary N) is 2. The van der Waals surface area contributed by atoms with Crippen LogP contribution in [0.2, 0.25) is 0 Å². The summed E-state index contributed by atoms with van der Waals surface area (Å²) in [5.41, 5.74) is -1.29. The van der Waals surface area contributed by atoms with Gasteiger partial charge in [-0.05, 0) is 43.3 Å². The number of nitrogens with zero attached hydrogens (tertiary/aromatic N) is 1. The number of aryl methyl sites for hydroxylation is 1. The number of benzene rings is 1. The molecule has 0 aliphatic rings. The number of thioether (sulfide) groups is 1. The molecule has 28 heavy (non-hydrogen) atoms. The molecule has 0 unspecified atom stereocenters. The molecule has 0 aliphatic carbocycles. The number of aromatic nitrogens is 2. The van der Waals surface area contributed by atoms with Crippen LogP contribution in [0.1, 0.15) is 23.2 Å². The van der Waals surface area contributed by atoms with Crippen LogP contribution in [0.25, 0.3) is 0 Å². The van der Waals surface area contributed by atoms with Crippen molar-refractivity contribution < 1.29 is 26.7 Å². The summed E-state index contributed by atoms with van der Waals surface area (Å²) in [7, 11) is 0. The monoisotopic (exact) mass is 485 g/mol. The van der Waals surface area contributed by atoms with Gasteiger partial charge in [0, 0.05) is 27.8 Å². The maximum Gasteiger partial charge on any atom is 0.417 e. The number of alkyl halides is 5. The Hall–Kier alpha value is -1.95. The largest absolute Gasteiger partial charge is 0.417 e. The first-order valence-electron chi connectivity index (χ1n) is 7.68. The molecule has 1 amide bonds. The molecule has 0 spiro atoms. The van der Waals surface area contributed by atoms with Crippen LogP contribution in [0.5, 0.6) is 0 Å². The van der Waals surface area contributed by atoms with Gasteiger partial charge in [0.25, 0.3) is 11.3 Å². The highest BCUT2D eigenvalue weighted by atomic mass is 79.9. The number of carbonyl (C=O) groups excluding carboxylic acids is 1. The van der Waals surface area contributed by atoms with Crippen molar-refractivity contribution in [2.45, 2.75) is 36.9 Å². The van der Waals surface area contributed by atoms with Crippen molar-refractivity contribution in [3.63, 3.8) is 0 Å². The average Bonchev–Trinajstić information content (AvgIpc) is 2.54. The molecule has 0 radical (unpaired) electrons. The molecular formula is C16H13BrF5N3O2S. The Morgan fingerprint density at radius 2 is 2.04 bits per heavy atom. The summed E-state index contributed by atoms with van der Waals surface area (Å²) in [6, 6.07) is 3.25. The normalized spacial score (nSPS) is 11.7. The van der Waals surface area contributed by atoms with Crippen molar-refractivity contribution in [3.05, 3.63) is 49.8 Å². The zero-order chi connectivity index (χ0) is 21.1. The van der Waals surface area contributed by atoms with E-state index in [1.54, 1.807) is 0 Å². The second kappa shape index (κ2) is 9.03. The van der Waals surface area contributed by atoms with Crippen molar-refractivity contribution in [1.82, 2.24) is 9.97 Å². The van der Waals surface area contributed by atoms with E-state index in [0.29, 0.717) is 0 Å². The Balaban J connectivity index is 2.06. The molecule has 1 heterocycles. The number of H-pyrrole nitrogens is 1. The lowest BCUT2D eigenvalue weighted by atomic mass is 10.1. The molecule has 1 aromatic carbocycles. The van der Waals surface area contributed by atoms with E-state index in [2.05, 4.69) is 31.2 Å². The Bertz CT molecular complexity index is 933. The fourth-order valence-corrected chi connectivity index (χ4v) is 3.28. The molecule has 0 fully saturated rings. The third kappa shape index (κ3) is 6.03. The molecule has 2 aromatic rings. The van der Waals surface area contributed by atoms with E-state index in [-0.39, 0.29) is 51.2 Å². The van der Waals surface area contributed by atoms with Gasteiger partial charge in [-0.25, -0.2) is 4.98 Å². The first-order valence-corrected chi connectivity index (χ1v) is 9.36. The van der Waals surface area contributed by atoms with Gasteiger partial charge in [0.1, 0.15) is 0 Å². The third-order valence-electron chi connectivity index (χ3n) is 3.56. The summed E-state index contributed by atoms with van der Waals surface area (Å²) in [6.07, 6.45) is -4.85. The van der Waals surface area contributed by atoms with E-state index in [0.717, 1.165) is 12.1 Å². The lowest BCUT2D eigenvalue weighted by Gasteiger charge is -2.12. The van der Waals surface area contributed by atoms with Gasteiger partial charge in [-0.3, -0.25) is 9.59 Å². The van der Waals surface area contributed by atoms with Crippen LogP contribution < -0.4 is 10.9 Å². The van der Waals surface area contributed by atoms with E-state index in [1.165, 1.54) is 13.0 Å². The summed E-state index contributed by atoms with van der Waals surface area (Å²) in [6.45, 7) is 1.45. The van der Waals surface area contributed by atoms with Gasteiger partial charge in [-0.2, -0.15) is 22.0 Å². The quantitative estimate of drug-likeness (QED) is 0.351. The van der Waals surface area contributed by atoms with Crippen LogP contribution in [0.4, 0.5) is 27.6 Å². The highest BCUT2D eigenvalue weighted by Gasteiger charge is 2.33. The number of halogens is 6. The summed E-state index contributed by atoms with van der Waals surface area (Å²) in [4.78, 5) is 30.1. The molecule has 1 aromatic heterocycles. The second-order valence-corrected chi connectivity index (χ2v) is 7.39. The van der Waals surface area contributed by atoms with Crippen molar-refractivity contribution in [2.24, 2.45) is 0 Å². The molecular weight excluding hydrogens is 473 g/mol. The topological polar surface area (TPSA) is 74.8 Å². The van der Waals surface area contributed by atoms with Crippen LogP contribution in [0.15, 0.2) is 32.6 Å². The predicted octanol–water partition coefficient (Wildman–Crippen LogP) is 4.75. The zero-order valence-electron chi connectivity index (χ0n) is 14.2. The van der Waals surface area contributed by atoms with Crippen LogP contribution in [0.3, 0.4) is 0 Å². The fraction of sp³-hybridized carbons (Fsp3) is 0.312. The first kappa shape index (κ1) is 22.3. The molecule has 12 heteroatoms. The first-order chi connectivity index (χ1) is 13.0. The van der Waals surface area contributed by atoms with Crippen LogP contribution in [-0.2, 0) is 17.4 Å². The number of anilines is 1.